The van der Waals surface area contributed by atoms with Crippen LogP contribution in [0.15, 0.2) is 78.2 Å². The van der Waals surface area contributed by atoms with Gasteiger partial charge in [0.05, 0.1) is 6.54 Å². The van der Waals surface area contributed by atoms with E-state index in [0.717, 1.165) is 24.2 Å². The number of likely N-dealkylation sites (N-methyl/N-ethyl adjacent to an activating group) is 1. The van der Waals surface area contributed by atoms with E-state index in [-0.39, 0.29) is 12.5 Å². The Morgan fingerprint density at radius 1 is 1.18 bits per heavy atom. The average Bonchev–Trinajstić information content (AvgIpc) is 3.37. The SMILES string of the molecule is CC1=CC(CN(C)c2nc(NCC(=O)NCc3ccc(Cl)cc3)cc(-n3cccc3)n2)=CCC1. The number of carbonyl (C=O) groups excluding carboxylic acids is 1. The zero-order valence-corrected chi connectivity index (χ0v) is 20.2. The number of hydrogen-bond donors (Lipinski definition) is 2. The van der Waals surface area contributed by atoms with Crippen LogP contribution in [0.4, 0.5) is 11.8 Å². The second-order valence-electron chi connectivity index (χ2n) is 8.42. The number of halogens is 1. The van der Waals surface area contributed by atoms with E-state index >= 15 is 0 Å². The second-order valence-corrected chi connectivity index (χ2v) is 8.86. The molecule has 0 saturated heterocycles. The monoisotopic (exact) mass is 476 g/mol. The Morgan fingerprint density at radius 2 is 1.94 bits per heavy atom. The molecule has 0 fully saturated rings. The van der Waals surface area contributed by atoms with Crippen molar-refractivity contribution in [3.05, 3.63) is 88.7 Å². The number of hydrogen-bond acceptors (Lipinski definition) is 5. The lowest BCUT2D eigenvalue weighted by molar-refractivity contribution is -0.119. The average molecular weight is 477 g/mol. The van der Waals surface area contributed by atoms with E-state index in [4.69, 9.17) is 16.6 Å². The van der Waals surface area contributed by atoms with Gasteiger partial charge in [-0.25, -0.2) is 0 Å². The predicted octanol–water partition coefficient (Wildman–Crippen LogP) is 4.75. The zero-order chi connectivity index (χ0) is 23.9. The molecule has 1 aromatic carbocycles. The van der Waals surface area contributed by atoms with Crippen LogP contribution in [-0.2, 0) is 11.3 Å². The standard InChI is InChI=1S/C26H29ClN6O/c1-19-6-5-7-21(14-19)18-32(2)26-30-23(15-24(31-26)33-12-3-4-13-33)28-17-25(34)29-16-20-8-10-22(27)11-9-20/h3-4,7-15H,5-6,16-18H2,1-2H3,(H,29,34)(H,28,30,31). The number of carbonyl (C=O) groups is 1. The first-order valence-corrected chi connectivity index (χ1v) is 11.7. The summed E-state index contributed by atoms with van der Waals surface area (Å²) >= 11 is 5.92. The number of anilines is 2. The Balaban J connectivity index is 1.44. The summed E-state index contributed by atoms with van der Waals surface area (Å²) < 4.78 is 1.93. The highest BCUT2D eigenvalue weighted by Gasteiger charge is 2.13. The van der Waals surface area contributed by atoms with Crippen LogP contribution in [0.5, 0.6) is 0 Å². The van der Waals surface area contributed by atoms with E-state index in [1.165, 1.54) is 11.1 Å². The van der Waals surface area contributed by atoms with Crippen molar-refractivity contribution in [2.75, 3.05) is 30.4 Å². The summed E-state index contributed by atoms with van der Waals surface area (Å²) in [5.41, 5.74) is 3.64. The van der Waals surface area contributed by atoms with Gasteiger partial charge in [-0.1, -0.05) is 41.5 Å². The number of benzene rings is 1. The van der Waals surface area contributed by atoms with E-state index < -0.39 is 0 Å². The maximum absolute atomic E-state index is 12.4. The number of aromatic nitrogens is 3. The molecule has 2 N–H and O–H groups in total. The van der Waals surface area contributed by atoms with Gasteiger partial charge in [0, 0.05) is 43.6 Å². The van der Waals surface area contributed by atoms with Crippen LogP contribution in [0.2, 0.25) is 5.02 Å². The van der Waals surface area contributed by atoms with Gasteiger partial charge >= 0.3 is 0 Å². The quantitative estimate of drug-likeness (QED) is 0.466. The smallest absolute Gasteiger partial charge is 0.239 e. The van der Waals surface area contributed by atoms with Crippen molar-refractivity contribution in [2.45, 2.75) is 26.3 Å². The molecule has 7 nitrogen and oxygen atoms in total. The normalized spacial score (nSPS) is 13.1. The topological polar surface area (TPSA) is 75.1 Å². The summed E-state index contributed by atoms with van der Waals surface area (Å²) in [7, 11) is 1.98. The number of nitrogens with one attached hydrogen (secondary N) is 2. The van der Waals surface area contributed by atoms with E-state index in [1.54, 1.807) is 0 Å². The third-order valence-electron chi connectivity index (χ3n) is 5.54. The fraction of sp³-hybridized carbons (Fsp3) is 0.269. The predicted molar refractivity (Wildman–Crippen MR) is 137 cm³/mol. The van der Waals surface area contributed by atoms with Crippen LogP contribution < -0.4 is 15.5 Å². The first-order chi connectivity index (χ1) is 16.5. The molecule has 0 radical (unpaired) electrons. The van der Waals surface area contributed by atoms with Gasteiger partial charge in [0.15, 0.2) is 0 Å². The highest BCUT2D eigenvalue weighted by atomic mass is 35.5. The molecular weight excluding hydrogens is 448 g/mol. The molecule has 176 valence electrons. The molecule has 0 saturated carbocycles. The molecule has 3 aromatic rings. The van der Waals surface area contributed by atoms with Gasteiger partial charge in [-0.3, -0.25) is 4.79 Å². The molecule has 34 heavy (non-hydrogen) atoms. The summed E-state index contributed by atoms with van der Waals surface area (Å²) in [4.78, 5) is 23.9. The van der Waals surface area contributed by atoms with Gasteiger partial charge in [0.2, 0.25) is 11.9 Å². The molecule has 1 amide bonds. The minimum absolute atomic E-state index is 0.103. The summed E-state index contributed by atoms with van der Waals surface area (Å²) in [5.74, 6) is 1.79. The maximum Gasteiger partial charge on any atom is 0.239 e. The lowest BCUT2D eigenvalue weighted by atomic mass is 10.0. The summed E-state index contributed by atoms with van der Waals surface area (Å²) in [6.07, 6.45) is 10.5. The minimum atomic E-state index is -0.126. The molecular formula is C26H29ClN6O. The van der Waals surface area contributed by atoms with Crippen LogP contribution in [0, 0.1) is 0 Å². The van der Waals surface area contributed by atoms with E-state index in [0.29, 0.717) is 29.9 Å². The number of amides is 1. The second kappa shape index (κ2) is 11.0. The van der Waals surface area contributed by atoms with E-state index in [1.807, 2.05) is 71.4 Å². The molecule has 2 aromatic heterocycles. The van der Waals surface area contributed by atoms with Crippen LogP contribution in [-0.4, -0.2) is 40.6 Å². The third-order valence-corrected chi connectivity index (χ3v) is 5.79. The lowest BCUT2D eigenvalue weighted by Crippen LogP contribution is -2.30. The molecule has 1 aliphatic carbocycles. The largest absolute Gasteiger partial charge is 0.361 e. The van der Waals surface area contributed by atoms with Crippen LogP contribution in [0.3, 0.4) is 0 Å². The summed E-state index contributed by atoms with van der Waals surface area (Å²) in [6.45, 7) is 3.42. The molecule has 4 rings (SSSR count). The zero-order valence-electron chi connectivity index (χ0n) is 19.5. The van der Waals surface area contributed by atoms with Gasteiger partial charge < -0.3 is 20.1 Å². The Hall–Kier alpha value is -3.58. The highest BCUT2D eigenvalue weighted by Crippen LogP contribution is 2.21. The molecule has 0 atom stereocenters. The minimum Gasteiger partial charge on any atom is -0.361 e. The molecule has 0 aliphatic heterocycles. The molecule has 2 heterocycles. The maximum atomic E-state index is 12.4. The van der Waals surface area contributed by atoms with E-state index in [2.05, 4.69) is 34.7 Å². The van der Waals surface area contributed by atoms with Crippen molar-refractivity contribution in [1.82, 2.24) is 19.9 Å². The van der Waals surface area contributed by atoms with Crippen LogP contribution in [0.1, 0.15) is 25.3 Å². The Kier molecular flexibility index (Phi) is 7.65. The van der Waals surface area contributed by atoms with Crippen molar-refractivity contribution in [3.63, 3.8) is 0 Å². The fourth-order valence-electron chi connectivity index (χ4n) is 3.73. The summed E-state index contributed by atoms with van der Waals surface area (Å²) in [5, 5.41) is 6.73. The van der Waals surface area contributed by atoms with Crippen LogP contribution >= 0.6 is 11.6 Å². The molecule has 8 heteroatoms. The molecule has 0 bridgehead atoms. The van der Waals surface area contributed by atoms with Crippen LogP contribution in [0.25, 0.3) is 5.82 Å². The van der Waals surface area contributed by atoms with Crippen molar-refractivity contribution in [1.29, 1.82) is 0 Å². The number of nitrogens with zero attached hydrogens (tertiary/aromatic N) is 4. The van der Waals surface area contributed by atoms with Crippen molar-refractivity contribution >= 4 is 29.3 Å². The van der Waals surface area contributed by atoms with Crippen molar-refractivity contribution in [3.8, 4) is 5.82 Å². The molecule has 1 aliphatic rings. The molecule has 0 unspecified atom stereocenters. The Labute approximate surface area is 205 Å². The number of allylic oxidation sites excluding steroid dienone is 2. The van der Waals surface area contributed by atoms with Gasteiger partial charge in [-0.2, -0.15) is 9.97 Å². The first kappa shape index (κ1) is 23.6. The van der Waals surface area contributed by atoms with Gasteiger partial charge in [0.25, 0.3) is 0 Å². The van der Waals surface area contributed by atoms with Crippen molar-refractivity contribution < 1.29 is 4.79 Å². The third kappa shape index (κ3) is 6.48. The van der Waals surface area contributed by atoms with E-state index in [9.17, 15) is 4.79 Å². The van der Waals surface area contributed by atoms with Gasteiger partial charge in [-0.15, -0.1) is 0 Å². The highest BCUT2D eigenvalue weighted by molar-refractivity contribution is 6.30. The van der Waals surface area contributed by atoms with Crippen molar-refractivity contribution in [2.24, 2.45) is 0 Å². The number of rotatable bonds is 9. The molecule has 0 spiro atoms. The first-order valence-electron chi connectivity index (χ1n) is 11.3. The summed E-state index contributed by atoms with van der Waals surface area (Å²) in [6, 6.07) is 13.1. The lowest BCUT2D eigenvalue weighted by Gasteiger charge is -2.21. The fourth-order valence-corrected chi connectivity index (χ4v) is 3.85. The van der Waals surface area contributed by atoms with Gasteiger partial charge in [-0.05, 0) is 55.2 Å². The Bertz CT molecular complexity index is 1180. The Morgan fingerprint density at radius 3 is 2.68 bits per heavy atom. The van der Waals surface area contributed by atoms with Gasteiger partial charge in [0.1, 0.15) is 11.6 Å².